The first-order valence-electron chi connectivity index (χ1n) is 7.28. The third-order valence-corrected chi connectivity index (χ3v) is 5.81. The SMILES string of the molecule is CN(C)S(=O)(=O)c1ccc(N2CCC(CCN)CC2)nc1. The van der Waals surface area contributed by atoms with Gasteiger partial charge in [-0.2, -0.15) is 0 Å². The Morgan fingerprint density at radius 2 is 2.00 bits per heavy atom. The number of hydrogen-bond donors (Lipinski definition) is 1. The highest BCUT2D eigenvalue weighted by Crippen LogP contribution is 2.24. The largest absolute Gasteiger partial charge is 0.357 e. The highest BCUT2D eigenvalue weighted by molar-refractivity contribution is 7.89. The first-order chi connectivity index (χ1) is 9.95. The van der Waals surface area contributed by atoms with Gasteiger partial charge in [0, 0.05) is 33.4 Å². The number of aromatic nitrogens is 1. The smallest absolute Gasteiger partial charge is 0.244 e. The average molecular weight is 312 g/mol. The normalized spacial score (nSPS) is 17.4. The molecule has 0 aliphatic carbocycles. The van der Waals surface area contributed by atoms with Crippen molar-refractivity contribution in [3.05, 3.63) is 18.3 Å². The maximum atomic E-state index is 12.0. The Labute approximate surface area is 127 Å². The van der Waals surface area contributed by atoms with E-state index in [4.69, 9.17) is 5.73 Å². The van der Waals surface area contributed by atoms with Crippen LogP contribution in [0.4, 0.5) is 5.82 Å². The van der Waals surface area contributed by atoms with Crippen molar-refractivity contribution in [1.82, 2.24) is 9.29 Å². The van der Waals surface area contributed by atoms with E-state index in [0.717, 1.165) is 44.7 Å². The highest BCUT2D eigenvalue weighted by Gasteiger charge is 2.21. The summed E-state index contributed by atoms with van der Waals surface area (Å²) in [7, 11) is -0.363. The predicted molar refractivity (Wildman–Crippen MR) is 83.7 cm³/mol. The molecule has 1 aromatic rings. The second-order valence-corrected chi connectivity index (χ2v) is 7.80. The molecule has 21 heavy (non-hydrogen) atoms. The quantitative estimate of drug-likeness (QED) is 0.874. The second-order valence-electron chi connectivity index (χ2n) is 5.65. The van der Waals surface area contributed by atoms with Crippen LogP contribution in [-0.4, -0.2) is 51.4 Å². The van der Waals surface area contributed by atoms with Gasteiger partial charge in [0.15, 0.2) is 0 Å². The number of nitrogens with two attached hydrogens (primary N) is 1. The summed E-state index contributed by atoms with van der Waals surface area (Å²) in [6.45, 7) is 2.66. The molecule has 1 aliphatic heterocycles. The Balaban J connectivity index is 2.04. The molecule has 0 saturated carbocycles. The van der Waals surface area contributed by atoms with E-state index in [1.54, 1.807) is 12.1 Å². The van der Waals surface area contributed by atoms with Crippen LogP contribution < -0.4 is 10.6 Å². The standard InChI is InChI=1S/C14H24N4O2S/c1-17(2)21(19,20)13-3-4-14(16-11-13)18-9-6-12(5-8-15)7-10-18/h3-4,11-12H,5-10,15H2,1-2H3. The summed E-state index contributed by atoms with van der Waals surface area (Å²) in [5.41, 5.74) is 5.60. The first kappa shape index (κ1) is 16.2. The summed E-state index contributed by atoms with van der Waals surface area (Å²) in [6.07, 6.45) is 4.77. The van der Waals surface area contributed by atoms with E-state index in [2.05, 4.69) is 9.88 Å². The molecule has 0 atom stereocenters. The van der Waals surface area contributed by atoms with Crippen LogP contribution >= 0.6 is 0 Å². The summed E-state index contributed by atoms with van der Waals surface area (Å²) in [5.74, 6) is 1.55. The first-order valence-corrected chi connectivity index (χ1v) is 8.72. The third kappa shape index (κ3) is 3.72. The van der Waals surface area contributed by atoms with Crippen LogP contribution in [0.1, 0.15) is 19.3 Å². The van der Waals surface area contributed by atoms with Gasteiger partial charge in [0.1, 0.15) is 10.7 Å². The number of pyridine rings is 1. The fraction of sp³-hybridized carbons (Fsp3) is 0.643. The van der Waals surface area contributed by atoms with E-state index in [0.29, 0.717) is 5.92 Å². The van der Waals surface area contributed by atoms with Crippen LogP contribution in [0.15, 0.2) is 23.2 Å². The zero-order valence-electron chi connectivity index (χ0n) is 12.7. The molecule has 1 fully saturated rings. The fourth-order valence-corrected chi connectivity index (χ4v) is 3.46. The number of nitrogens with zero attached hydrogens (tertiary/aromatic N) is 3. The Kier molecular flexibility index (Phi) is 5.18. The van der Waals surface area contributed by atoms with Crippen molar-refractivity contribution in [3.63, 3.8) is 0 Å². The molecule has 0 unspecified atom stereocenters. The maximum absolute atomic E-state index is 12.0. The van der Waals surface area contributed by atoms with Crippen LogP contribution in [0.3, 0.4) is 0 Å². The van der Waals surface area contributed by atoms with Crippen LogP contribution in [-0.2, 0) is 10.0 Å². The lowest BCUT2D eigenvalue weighted by Gasteiger charge is -2.32. The highest BCUT2D eigenvalue weighted by atomic mass is 32.2. The van der Waals surface area contributed by atoms with E-state index in [1.165, 1.54) is 24.6 Å². The van der Waals surface area contributed by atoms with Gasteiger partial charge in [-0.05, 0) is 43.9 Å². The molecule has 1 saturated heterocycles. The topological polar surface area (TPSA) is 79.5 Å². The summed E-state index contributed by atoms with van der Waals surface area (Å²) >= 11 is 0. The molecule has 7 heteroatoms. The predicted octanol–water partition coefficient (Wildman–Crippen LogP) is 0.897. The number of sulfonamides is 1. The van der Waals surface area contributed by atoms with Gasteiger partial charge in [-0.3, -0.25) is 0 Å². The van der Waals surface area contributed by atoms with Crippen LogP contribution in [0.2, 0.25) is 0 Å². The molecule has 2 rings (SSSR count). The van der Waals surface area contributed by atoms with Crippen molar-refractivity contribution in [3.8, 4) is 0 Å². The zero-order valence-corrected chi connectivity index (χ0v) is 13.5. The number of rotatable bonds is 5. The lowest BCUT2D eigenvalue weighted by molar-refractivity contribution is 0.385. The molecule has 2 heterocycles. The van der Waals surface area contributed by atoms with Crippen molar-refractivity contribution < 1.29 is 8.42 Å². The summed E-state index contributed by atoms with van der Waals surface area (Å²) < 4.78 is 25.2. The molecule has 0 spiro atoms. The van der Waals surface area contributed by atoms with Gasteiger partial charge in [-0.15, -0.1) is 0 Å². The molecule has 2 N–H and O–H groups in total. The van der Waals surface area contributed by atoms with Crippen molar-refractivity contribution in [2.75, 3.05) is 38.6 Å². The summed E-state index contributed by atoms with van der Waals surface area (Å²) in [5, 5.41) is 0. The van der Waals surface area contributed by atoms with Crippen LogP contribution in [0.25, 0.3) is 0 Å². The van der Waals surface area contributed by atoms with E-state index in [9.17, 15) is 8.42 Å². The molecule has 0 amide bonds. The number of piperidine rings is 1. The number of anilines is 1. The van der Waals surface area contributed by atoms with Gasteiger partial charge in [0.05, 0.1) is 0 Å². The van der Waals surface area contributed by atoms with Crippen LogP contribution in [0, 0.1) is 5.92 Å². The van der Waals surface area contributed by atoms with E-state index in [-0.39, 0.29) is 4.90 Å². The minimum atomic E-state index is -3.40. The average Bonchev–Trinajstić information content (AvgIpc) is 2.48. The van der Waals surface area contributed by atoms with Gasteiger partial charge < -0.3 is 10.6 Å². The van der Waals surface area contributed by atoms with Crippen molar-refractivity contribution in [2.45, 2.75) is 24.2 Å². The van der Waals surface area contributed by atoms with Crippen LogP contribution in [0.5, 0.6) is 0 Å². The Hall–Kier alpha value is -1.18. The molecular formula is C14H24N4O2S. The van der Waals surface area contributed by atoms with Crippen molar-refractivity contribution in [1.29, 1.82) is 0 Å². The lowest BCUT2D eigenvalue weighted by Crippen LogP contribution is -2.34. The van der Waals surface area contributed by atoms with E-state index >= 15 is 0 Å². The number of hydrogen-bond acceptors (Lipinski definition) is 5. The van der Waals surface area contributed by atoms with Gasteiger partial charge in [-0.1, -0.05) is 0 Å². The van der Waals surface area contributed by atoms with E-state index in [1.807, 2.05) is 0 Å². The van der Waals surface area contributed by atoms with Gasteiger partial charge in [0.25, 0.3) is 0 Å². The van der Waals surface area contributed by atoms with E-state index < -0.39 is 10.0 Å². The van der Waals surface area contributed by atoms with Crippen molar-refractivity contribution >= 4 is 15.8 Å². The lowest BCUT2D eigenvalue weighted by atomic mass is 9.94. The molecule has 6 nitrogen and oxygen atoms in total. The summed E-state index contributed by atoms with van der Waals surface area (Å²) in [6, 6.07) is 3.42. The minimum absolute atomic E-state index is 0.231. The summed E-state index contributed by atoms with van der Waals surface area (Å²) in [4.78, 5) is 6.76. The monoisotopic (exact) mass is 312 g/mol. The molecule has 0 radical (unpaired) electrons. The Morgan fingerprint density at radius 1 is 1.33 bits per heavy atom. The zero-order chi connectivity index (χ0) is 15.5. The third-order valence-electron chi connectivity index (χ3n) is 4.01. The van der Waals surface area contributed by atoms with Gasteiger partial charge >= 0.3 is 0 Å². The maximum Gasteiger partial charge on any atom is 0.244 e. The Bertz CT molecular complexity index is 549. The minimum Gasteiger partial charge on any atom is -0.357 e. The Morgan fingerprint density at radius 3 is 2.48 bits per heavy atom. The molecule has 0 bridgehead atoms. The molecule has 1 aromatic heterocycles. The molecular weight excluding hydrogens is 288 g/mol. The van der Waals surface area contributed by atoms with Gasteiger partial charge in [-0.25, -0.2) is 17.7 Å². The van der Waals surface area contributed by atoms with Crippen molar-refractivity contribution in [2.24, 2.45) is 11.7 Å². The molecule has 118 valence electrons. The molecule has 0 aromatic carbocycles. The molecule has 1 aliphatic rings. The second kappa shape index (κ2) is 6.72. The van der Waals surface area contributed by atoms with Gasteiger partial charge in [0.2, 0.25) is 10.0 Å². The fourth-order valence-electron chi connectivity index (χ4n) is 2.61.